The summed E-state index contributed by atoms with van der Waals surface area (Å²) in [6.07, 6.45) is 2.26. The van der Waals surface area contributed by atoms with E-state index in [0.717, 1.165) is 12.8 Å². The van der Waals surface area contributed by atoms with Crippen molar-refractivity contribution >= 4 is 10.0 Å². The van der Waals surface area contributed by atoms with E-state index in [0.29, 0.717) is 28.7 Å². The second kappa shape index (κ2) is 3.61. The molecule has 0 amide bonds. The van der Waals surface area contributed by atoms with Crippen LogP contribution in [0.15, 0.2) is 4.90 Å². The highest BCUT2D eigenvalue weighted by atomic mass is 32.2. The fraction of sp³-hybridized carbons (Fsp3) is 0.667. The van der Waals surface area contributed by atoms with Crippen LogP contribution in [0, 0.1) is 19.8 Å². The molecule has 1 saturated carbocycles. The standard InChI is InChI=1S/C9H15N3O2S/c1-6-9(7(2)12-11-6)15(13,14)10-5-8-3-4-8/h8,10H,3-5H2,1-2H3,(H,11,12). The molecule has 0 aliphatic heterocycles. The van der Waals surface area contributed by atoms with Crippen molar-refractivity contribution in [2.24, 2.45) is 5.92 Å². The lowest BCUT2D eigenvalue weighted by Gasteiger charge is -2.05. The first-order chi connectivity index (χ1) is 7.00. The van der Waals surface area contributed by atoms with Gasteiger partial charge in [-0.25, -0.2) is 13.1 Å². The van der Waals surface area contributed by atoms with Gasteiger partial charge in [0.2, 0.25) is 10.0 Å². The van der Waals surface area contributed by atoms with E-state index in [-0.39, 0.29) is 0 Å². The Balaban J connectivity index is 2.20. The van der Waals surface area contributed by atoms with Crippen LogP contribution in [0.2, 0.25) is 0 Å². The summed E-state index contributed by atoms with van der Waals surface area (Å²) in [5, 5.41) is 6.56. The van der Waals surface area contributed by atoms with E-state index >= 15 is 0 Å². The average molecular weight is 229 g/mol. The van der Waals surface area contributed by atoms with E-state index in [1.807, 2.05) is 0 Å². The SMILES string of the molecule is Cc1n[nH]c(C)c1S(=O)(=O)NCC1CC1. The highest BCUT2D eigenvalue weighted by Gasteiger charge is 2.26. The molecule has 1 heterocycles. The van der Waals surface area contributed by atoms with Crippen molar-refractivity contribution in [3.05, 3.63) is 11.4 Å². The Labute approximate surface area is 89.3 Å². The van der Waals surface area contributed by atoms with Gasteiger partial charge >= 0.3 is 0 Å². The molecule has 1 aromatic heterocycles. The second-order valence-corrected chi connectivity index (χ2v) is 5.76. The maximum atomic E-state index is 11.9. The lowest BCUT2D eigenvalue weighted by molar-refractivity contribution is 0.576. The number of aryl methyl sites for hydroxylation is 2. The van der Waals surface area contributed by atoms with Gasteiger partial charge in [0.1, 0.15) is 4.90 Å². The van der Waals surface area contributed by atoms with Gasteiger partial charge in [0.25, 0.3) is 0 Å². The topological polar surface area (TPSA) is 74.8 Å². The summed E-state index contributed by atoms with van der Waals surface area (Å²) in [6.45, 7) is 3.95. The summed E-state index contributed by atoms with van der Waals surface area (Å²) in [6, 6.07) is 0. The predicted molar refractivity (Wildman–Crippen MR) is 56.0 cm³/mol. The summed E-state index contributed by atoms with van der Waals surface area (Å²) in [4.78, 5) is 0.295. The summed E-state index contributed by atoms with van der Waals surface area (Å²) in [7, 11) is -3.38. The lowest BCUT2D eigenvalue weighted by Crippen LogP contribution is -2.26. The van der Waals surface area contributed by atoms with Crippen LogP contribution >= 0.6 is 0 Å². The molecule has 1 aliphatic rings. The summed E-state index contributed by atoms with van der Waals surface area (Å²) >= 11 is 0. The molecule has 1 aromatic rings. The number of hydrogen-bond acceptors (Lipinski definition) is 3. The Morgan fingerprint density at radius 2 is 2.13 bits per heavy atom. The van der Waals surface area contributed by atoms with E-state index in [1.165, 1.54) is 0 Å². The lowest BCUT2D eigenvalue weighted by atomic mass is 10.4. The first-order valence-electron chi connectivity index (χ1n) is 5.02. The van der Waals surface area contributed by atoms with E-state index in [9.17, 15) is 8.42 Å². The van der Waals surface area contributed by atoms with E-state index < -0.39 is 10.0 Å². The number of H-pyrrole nitrogens is 1. The van der Waals surface area contributed by atoms with Crippen molar-refractivity contribution < 1.29 is 8.42 Å². The van der Waals surface area contributed by atoms with Crippen molar-refractivity contribution in [2.45, 2.75) is 31.6 Å². The third-order valence-electron chi connectivity index (χ3n) is 2.59. The van der Waals surface area contributed by atoms with Crippen LogP contribution in [0.1, 0.15) is 24.2 Å². The van der Waals surface area contributed by atoms with Crippen molar-refractivity contribution in [2.75, 3.05) is 6.54 Å². The molecule has 2 N–H and O–H groups in total. The number of rotatable bonds is 4. The van der Waals surface area contributed by atoms with Crippen LogP contribution in [0.25, 0.3) is 0 Å². The second-order valence-electron chi connectivity index (χ2n) is 4.06. The minimum atomic E-state index is -3.38. The third kappa shape index (κ3) is 2.21. The monoisotopic (exact) mass is 229 g/mol. The molecule has 0 spiro atoms. The Morgan fingerprint density at radius 1 is 1.47 bits per heavy atom. The van der Waals surface area contributed by atoms with Crippen LogP contribution in [-0.4, -0.2) is 25.2 Å². The normalized spacial score (nSPS) is 16.9. The smallest absolute Gasteiger partial charge is 0.244 e. The van der Waals surface area contributed by atoms with Gasteiger partial charge < -0.3 is 0 Å². The number of aromatic nitrogens is 2. The molecule has 15 heavy (non-hydrogen) atoms. The first-order valence-corrected chi connectivity index (χ1v) is 6.50. The van der Waals surface area contributed by atoms with Crippen molar-refractivity contribution in [1.29, 1.82) is 0 Å². The fourth-order valence-electron chi connectivity index (χ4n) is 1.56. The molecule has 2 rings (SSSR count). The van der Waals surface area contributed by atoms with Gasteiger partial charge in [0.05, 0.1) is 11.4 Å². The Bertz CT molecular complexity index is 440. The molecule has 0 radical (unpaired) electrons. The van der Waals surface area contributed by atoms with Gasteiger partial charge in [-0.05, 0) is 32.6 Å². The van der Waals surface area contributed by atoms with Crippen LogP contribution in [0.5, 0.6) is 0 Å². The first kappa shape index (κ1) is 10.6. The largest absolute Gasteiger partial charge is 0.281 e. The Hall–Kier alpha value is -0.880. The minimum absolute atomic E-state index is 0.295. The molecule has 6 heteroatoms. The fourth-order valence-corrected chi connectivity index (χ4v) is 3.04. The van der Waals surface area contributed by atoms with Gasteiger partial charge in [-0.2, -0.15) is 5.10 Å². The zero-order valence-corrected chi connectivity index (χ0v) is 9.69. The third-order valence-corrected chi connectivity index (χ3v) is 4.27. The maximum absolute atomic E-state index is 11.9. The van der Waals surface area contributed by atoms with Gasteiger partial charge in [-0.15, -0.1) is 0 Å². The van der Waals surface area contributed by atoms with E-state index in [4.69, 9.17) is 0 Å². The maximum Gasteiger partial charge on any atom is 0.244 e. The van der Waals surface area contributed by atoms with Gasteiger partial charge in [-0.1, -0.05) is 0 Å². The van der Waals surface area contributed by atoms with Crippen LogP contribution in [-0.2, 0) is 10.0 Å². The zero-order valence-electron chi connectivity index (χ0n) is 8.87. The quantitative estimate of drug-likeness (QED) is 0.798. The predicted octanol–water partition coefficient (Wildman–Crippen LogP) is 0.715. The van der Waals surface area contributed by atoms with Crippen LogP contribution in [0.4, 0.5) is 0 Å². The average Bonchev–Trinajstić information content (AvgIpc) is 2.90. The Morgan fingerprint density at radius 3 is 2.60 bits per heavy atom. The van der Waals surface area contributed by atoms with E-state index in [2.05, 4.69) is 14.9 Å². The zero-order chi connectivity index (χ0) is 11.1. The number of nitrogens with zero attached hydrogens (tertiary/aromatic N) is 1. The molecular weight excluding hydrogens is 214 g/mol. The number of hydrogen-bond donors (Lipinski definition) is 2. The molecule has 0 unspecified atom stereocenters. The van der Waals surface area contributed by atoms with Crippen LogP contribution < -0.4 is 4.72 Å². The molecule has 0 bridgehead atoms. The molecule has 5 nitrogen and oxygen atoms in total. The number of aromatic amines is 1. The summed E-state index contributed by atoms with van der Waals surface area (Å²) in [5.74, 6) is 0.535. The van der Waals surface area contributed by atoms with Crippen molar-refractivity contribution in [3.63, 3.8) is 0 Å². The van der Waals surface area contributed by atoms with Gasteiger partial charge in [-0.3, -0.25) is 5.10 Å². The molecule has 1 fully saturated rings. The molecular formula is C9H15N3O2S. The number of sulfonamides is 1. The Kier molecular flexibility index (Phi) is 2.56. The summed E-state index contributed by atoms with van der Waals surface area (Å²) < 4.78 is 26.4. The van der Waals surface area contributed by atoms with E-state index in [1.54, 1.807) is 13.8 Å². The molecule has 0 aromatic carbocycles. The highest BCUT2D eigenvalue weighted by molar-refractivity contribution is 7.89. The minimum Gasteiger partial charge on any atom is -0.281 e. The van der Waals surface area contributed by atoms with Crippen molar-refractivity contribution in [1.82, 2.24) is 14.9 Å². The molecule has 0 atom stereocenters. The molecule has 1 aliphatic carbocycles. The van der Waals surface area contributed by atoms with Crippen LogP contribution in [0.3, 0.4) is 0 Å². The summed E-state index contributed by atoms with van der Waals surface area (Å²) in [5.41, 5.74) is 1.12. The van der Waals surface area contributed by atoms with Crippen molar-refractivity contribution in [3.8, 4) is 0 Å². The van der Waals surface area contributed by atoms with Gasteiger partial charge in [0, 0.05) is 6.54 Å². The van der Waals surface area contributed by atoms with Gasteiger partial charge in [0.15, 0.2) is 0 Å². The molecule has 0 saturated heterocycles. The highest BCUT2D eigenvalue weighted by Crippen LogP contribution is 2.28. The number of nitrogens with one attached hydrogen (secondary N) is 2. The molecule has 84 valence electrons.